The Morgan fingerprint density at radius 2 is 1.95 bits per heavy atom. The maximum atomic E-state index is 5.99. The summed E-state index contributed by atoms with van der Waals surface area (Å²) in [5, 5.41) is 3.13. The molecule has 0 saturated heterocycles. The van der Waals surface area contributed by atoms with Crippen molar-refractivity contribution in [1.82, 2.24) is 9.97 Å². The Labute approximate surface area is 118 Å². The van der Waals surface area contributed by atoms with Gasteiger partial charge in [-0.15, -0.1) is 0 Å². The quantitative estimate of drug-likeness (QED) is 0.842. The number of hydrogen-bond donors (Lipinski definition) is 2. The van der Waals surface area contributed by atoms with Crippen molar-refractivity contribution in [3.8, 4) is 11.6 Å². The summed E-state index contributed by atoms with van der Waals surface area (Å²) in [7, 11) is 1.63. The Morgan fingerprint density at radius 3 is 2.60 bits per heavy atom. The van der Waals surface area contributed by atoms with Gasteiger partial charge in [0.25, 0.3) is 0 Å². The lowest BCUT2D eigenvalue weighted by Crippen LogP contribution is -2.05. The largest absolute Gasteiger partial charge is 0.497 e. The molecule has 0 amide bonds. The van der Waals surface area contributed by atoms with E-state index in [4.69, 9.17) is 15.2 Å². The third-order valence-electron chi connectivity index (χ3n) is 2.64. The fourth-order valence-corrected chi connectivity index (χ4v) is 1.60. The molecule has 6 nitrogen and oxygen atoms in total. The molecule has 1 aromatic carbocycles. The molecule has 0 bridgehead atoms. The zero-order valence-corrected chi connectivity index (χ0v) is 11.6. The average Bonchev–Trinajstić information content (AvgIpc) is 2.49. The lowest BCUT2D eigenvalue weighted by molar-refractivity contribution is 0.307. The van der Waals surface area contributed by atoms with Gasteiger partial charge in [0.1, 0.15) is 17.8 Å². The molecule has 0 aliphatic heterocycles. The van der Waals surface area contributed by atoms with Gasteiger partial charge in [-0.05, 0) is 30.7 Å². The average molecular weight is 274 g/mol. The predicted octanol–water partition coefficient (Wildman–Crippen LogP) is 2.60. The molecule has 0 aliphatic carbocycles. The van der Waals surface area contributed by atoms with Crippen molar-refractivity contribution >= 4 is 17.2 Å². The Balaban J connectivity index is 2.15. The van der Waals surface area contributed by atoms with Crippen LogP contribution in [0.3, 0.4) is 0 Å². The minimum Gasteiger partial charge on any atom is -0.497 e. The third-order valence-corrected chi connectivity index (χ3v) is 2.64. The lowest BCUT2D eigenvalue weighted by Gasteiger charge is -2.11. The second-order valence-corrected chi connectivity index (χ2v) is 4.14. The van der Waals surface area contributed by atoms with E-state index in [-0.39, 0.29) is 0 Å². The predicted molar refractivity (Wildman–Crippen MR) is 78.5 cm³/mol. The smallest absolute Gasteiger partial charge is 0.242 e. The minimum absolute atomic E-state index is 0.400. The molecule has 0 saturated carbocycles. The number of rotatable bonds is 6. The van der Waals surface area contributed by atoms with Gasteiger partial charge in [-0.25, -0.2) is 4.98 Å². The van der Waals surface area contributed by atoms with Crippen LogP contribution in [-0.2, 0) is 0 Å². The molecule has 6 heteroatoms. The van der Waals surface area contributed by atoms with E-state index in [1.54, 1.807) is 7.11 Å². The third kappa shape index (κ3) is 3.28. The first-order valence-corrected chi connectivity index (χ1v) is 6.39. The Morgan fingerprint density at radius 1 is 1.20 bits per heavy atom. The molecule has 3 N–H and O–H groups in total. The highest BCUT2D eigenvalue weighted by atomic mass is 16.5. The number of nitrogens with zero attached hydrogens (tertiary/aromatic N) is 2. The fraction of sp³-hybridized carbons (Fsp3) is 0.286. The van der Waals surface area contributed by atoms with Gasteiger partial charge in [-0.2, -0.15) is 4.98 Å². The van der Waals surface area contributed by atoms with Crippen LogP contribution in [0.5, 0.6) is 11.6 Å². The summed E-state index contributed by atoms with van der Waals surface area (Å²) in [5.74, 6) is 1.72. The lowest BCUT2D eigenvalue weighted by atomic mass is 10.3. The molecule has 0 spiro atoms. The molecular formula is C14H18N4O2. The van der Waals surface area contributed by atoms with E-state index in [0.29, 0.717) is 24.0 Å². The highest BCUT2D eigenvalue weighted by Crippen LogP contribution is 2.28. The van der Waals surface area contributed by atoms with Crippen LogP contribution in [0.2, 0.25) is 0 Å². The molecule has 2 rings (SSSR count). The number of ether oxygens (including phenoxy) is 2. The van der Waals surface area contributed by atoms with E-state index in [2.05, 4.69) is 15.3 Å². The first-order valence-electron chi connectivity index (χ1n) is 6.39. The molecule has 0 fully saturated rings. The number of nitrogens with two attached hydrogens (primary N) is 1. The van der Waals surface area contributed by atoms with Gasteiger partial charge in [0.2, 0.25) is 5.88 Å². The van der Waals surface area contributed by atoms with Crippen LogP contribution >= 0.6 is 0 Å². The number of methoxy groups -OCH3 is 1. The summed E-state index contributed by atoms with van der Waals surface area (Å²) < 4.78 is 10.6. The highest BCUT2D eigenvalue weighted by molar-refractivity contribution is 5.72. The van der Waals surface area contributed by atoms with Crippen molar-refractivity contribution in [3.05, 3.63) is 30.6 Å². The van der Waals surface area contributed by atoms with Gasteiger partial charge in [0, 0.05) is 5.69 Å². The first-order chi connectivity index (χ1) is 9.74. The molecule has 0 radical (unpaired) electrons. The van der Waals surface area contributed by atoms with Crippen LogP contribution in [0.15, 0.2) is 30.6 Å². The van der Waals surface area contributed by atoms with Gasteiger partial charge in [-0.3, -0.25) is 0 Å². The maximum absolute atomic E-state index is 5.99. The second-order valence-electron chi connectivity index (χ2n) is 4.14. The summed E-state index contributed by atoms with van der Waals surface area (Å²) in [4.78, 5) is 8.15. The van der Waals surface area contributed by atoms with Crippen molar-refractivity contribution in [2.75, 3.05) is 24.8 Å². The standard InChI is InChI=1S/C14H18N4O2/c1-3-8-20-14-12(15)13(16-9-17-14)18-10-4-6-11(19-2)7-5-10/h4-7,9H,3,8,15H2,1-2H3,(H,16,17,18). The second kappa shape index (κ2) is 6.60. The monoisotopic (exact) mass is 274 g/mol. The number of anilines is 3. The van der Waals surface area contributed by atoms with E-state index in [1.807, 2.05) is 31.2 Å². The van der Waals surface area contributed by atoms with Crippen LogP contribution in [0.25, 0.3) is 0 Å². The molecular weight excluding hydrogens is 256 g/mol. The fourth-order valence-electron chi connectivity index (χ4n) is 1.60. The van der Waals surface area contributed by atoms with Crippen molar-refractivity contribution in [3.63, 3.8) is 0 Å². The SMILES string of the molecule is CCCOc1ncnc(Nc2ccc(OC)cc2)c1N. The summed E-state index contributed by atoms with van der Waals surface area (Å²) in [6.45, 7) is 2.59. The molecule has 0 aliphatic rings. The zero-order chi connectivity index (χ0) is 14.4. The summed E-state index contributed by atoms with van der Waals surface area (Å²) >= 11 is 0. The normalized spacial score (nSPS) is 10.1. The first kappa shape index (κ1) is 13.9. The van der Waals surface area contributed by atoms with E-state index in [9.17, 15) is 0 Å². The van der Waals surface area contributed by atoms with Crippen molar-refractivity contribution in [1.29, 1.82) is 0 Å². The Bertz CT molecular complexity index is 558. The van der Waals surface area contributed by atoms with E-state index in [1.165, 1.54) is 6.33 Å². The molecule has 0 atom stereocenters. The molecule has 20 heavy (non-hydrogen) atoms. The van der Waals surface area contributed by atoms with Gasteiger partial charge < -0.3 is 20.5 Å². The minimum atomic E-state index is 0.400. The number of nitrogens with one attached hydrogen (secondary N) is 1. The molecule has 0 unspecified atom stereocenters. The number of aromatic nitrogens is 2. The molecule has 106 valence electrons. The van der Waals surface area contributed by atoms with Crippen molar-refractivity contribution < 1.29 is 9.47 Å². The van der Waals surface area contributed by atoms with Gasteiger partial charge >= 0.3 is 0 Å². The summed E-state index contributed by atoms with van der Waals surface area (Å²) in [6.07, 6.45) is 2.32. The van der Waals surface area contributed by atoms with Crippen molar-refractivity contribution in [2.24, 2.45) is 0 Å². The Hall–Kier alpha value is -2.50. The van der Waals surface area contributed by atoms with Crippen LogP contribution in [-0.4, -0.2) is 23.7 Å². The summed E-state index contributed by atoms with van der Waals surface area (Å²) in [6, 6.07) is 7.47. The summed E-state index contributed by atoms with van der Waals surface area (Å²) in [5.41, 5.74) is 7.25. The van der Waals surface area contributed by atoms with Gasteiger partial charge in [0.05, 0.1) is 13.7 Å². The zero-order valence-electron chi connectivity index (χ0n) is 11.6. The molecule has 1 heterocycles. The van der Waals surface area contributed by atoms with Gasteiger partial charge in [-0.1, -0.05) is 6.92 Å². The number of nitrogen functional groups attached to an aromatic ring is 1. The van der Waals surface area contributed by atoms with Gasteiger partial charge in [0.15, 0.2) is 5.82 Å². The van der Waals surface area contributed by atoms with Crippen LogP contribution in [0, 0.1) is 0 Å². The van der Waals surface area contributed by atoms with Crippen LogP contribution in [0.1, 0.15) is 13.3 Å². The topological polar surface area (TPSA) is 82.3 Å². The van der Waals surface area contributed by atoms with E-state index >= 15 is 0 Å². The van der Waals surface area contributed by atoms with Crippen LogP contribution in [0.4, 0.5) is 17.2 Å². The van der Waals surface area contributed by atoms with Crippen LogP contribution < -0.4 is 20.5 Å². The Kier molecular flexibility index (Phi) is 4.60. The van der Waals surface area contributed by atoms with E-state index < -0.39 is 0 Å². The number of hydrogen-bond acceptors (Lipinski definition) is 6. The van der Waals surface area contributed by atoms with Crippen molar-refractivity contribution in [2.45, 2.75) is 13.3 Å². The van der Waals surface area contributed by atoms with E-state index in [0.717, 1.165) is 17.9 Å². The molecule has 2 aromatic rings. The number of benzene rings is 1. The molecule has 1 aromatic heterocycles. The highest BCUT2D eigenvalue weighted by Gasteiger charge is 2.09. The maximum Gasteiger partial charge on any atom is 0.242 e.